The topological polar surface area (TPSA) is 12.4 Å². The number of benzene rings is 3. The van der Waals surface area contributed by atoms with Crippen molar-refractivity contribution in [3.8, 4) is 0 Å². The van der Waals surface area contributed by atoms with Gasteiger partial charge in [-0.15, -0.1) is 0 Å². The van der Waals surface area contributed by atoms with E-state index in [1.165, 1.54) is 20.2 Å². The molecule has 0 aliphatic heterocycles. The maximum atomic E-state index is 4.93. The molecule has 0 heterocycles. The van der Waals surface area contributed by atoms with Gasteiger partial charge in [0.2, 0.25) is 0 Å². The van der Waals surface area contributed by atoms with Crippen LogP contribution >= 0.6 is 0 Å². The summed E-state index contributed by atoms with van der Waals surface area (Å²) >= 11 is 0.238. The summed E-state index contributed by atoms with van der Waals surface area (Å²) in [5.41, 5.74) is 3.62. The zero-order valence-electron chi connectivity index (χ0n) is 13.1. The average molecular weight is 364 g/mol. The first-order valence-electron chi connectivity index (χ1n) is 7.71. The Bertz CT molecular complexity index is 718. The summed E-state index contributed by atoms with van der Waals surface area (Å²) in [7, 11) is 0. The fourth-order valence-electron chi connectivity index (χ4n) is 2.26. The fourth-order valence-corrected chi connectivity index (χ4v) is 4.26. The average Bonchev–Trinajstić information content (AvgIpc) is 2.59. The zero-order valence-corrected chi connectivity index (χ0v) is 14.9. The number of hydrogen-bond donors (Lipinski definition) is 0. The molecule has 3 rings (SSSR count). The van der Waals surface area contributed by atoms with Gasteiger partial charge in [-0.2, -0.15) is 0 Å². The molecule has 0 aromatic heterocycles. The van der Waals surface area contributed by atoms with E-state index in [-0.39, 0.29) is 15.0 Å². The summed E-state index contributed by atoms with van der Waals surface area (Å²) in [6.07, 6.45) is 0.906. The molecule has 0 aliphatic carbocycles. The summed E-state index contributed by atoms with van der Waals surface area (Å²) < 4.78 is 2.61. The van der Waals surface area contributed by atoms with E-state index in [0.29, 0.717) is 0 Å². The quantitative estimate of drug-likeness (QED) is 0.473. The molecule has 2 heteroatoms. The van der Waals surface area contributed by atoms with Crippen LogP contribution in [-0.4, -0.2) is 19.6 Å². The summed E-state index contributed by atoms with van der Waals surface area (Å²) in [4.78, 5) is 4.93. The first-order chi connectivity index (χ1) is 11.3. The Morgan fingerprint density at radius 3 is 2.04 bits per heavy atom. The van der Waals surface area contributed by atoms with Gasteiger partial charge in [-0.05, 0) is 0 Å². The molecular formula is C21H19NSe. The van der Waals surface area contributed by atoms with E-state index >= 15 is 0 Å². The number of hydrogen-bond acceptors (Lipinski definition) is 1. The predicted octanol–water partition coefficient (Wildman–Crippen LogP) is 4.30. The maximum absolute atomic E-state index is 4.93. The number of nitrogens with zero attached hydrogens (tertiary/aromatic N) is 1. The van der Waals surface area contributed by atoms with E-state index in [0.717, 1.165) is 12.1 Å². The second kappa shape index (κ2) is 7.92. The zero-order chi connectivity index (χ0) is 15.9. The van der Waals surface area contributed by atoms with Gasteiger partial charge >= 0.3 is 144 Å². The van der Waals surface area contributed by atoms with Gasteiger partial charge in [-0.3, -0.25) is 0 Å². The van der Waals surface area contributed by atoms with Gasteiger partial charge in [0, 0.05) is 0 Å². The van der Waals surface area contributed by atoms with Crippen molar-refractivity contribution < 1.29 is 0 Å². The summed E-state index contributed by atoms with van der Waals surface area (Å²) in [6, 6.07) is 29.7. The summed E-state index contributed by atoms with van der Waals surface area (Å²) in [6.45, 7) is 2.10. The van der Waals surface area contributed by atoms with E-state index < -0.39 is 0 Å². The molecule has 23 heavy (non-hydrogen) atoms. The first kappa shape index (κ1) is 15.7. The third kappa shape index (κ3) is 4.92. The molecule has 0 spiro atoms. The van der Waals surface area contributed by atoms with Crippen molar-refractivity contribution in [2.45, 2.75) is 13.3 Å². The van der Waals surface area contributed by atoms with E-state index in [1.54, 1.807) is 0 Å². The standard InChI is InChI=1S/C21H19NSe/c1-17-12-14-19(15-13-17)22-21(16-18-8-4-2-5-9-18)23-20-10-6-3-7-11-20/h2-15H,16H2,1H3. The van der Waals surface area contributed by atoms with Crippen molar-refractivity contribution in [2.75, 3.05) is 0 Å². The molecule has 0 saturated heterocycles. The van der Waals surface area contributed by atoms with Crippen molar-refractivity contribution in [2.24, 2.45) is 4.99 Å². The number of aryl methyl sites for hydroxylation is 1. The van der Waals surface area contributed by atoms with E-state index in [9.17, 15) is 0 Å². The Morgan fingerprint density at radius 2 is 1.39 bits per heavy atom. The van der Waals surface area contributed by atoms with Crippen molar-refractivity contribution in [3.05, 3.63) is 96.1 Å². The second-order valence-corrected chi connectivity index (χ2v) is 7.82. The van der Waals surface area contributed by atoms with Crippen LogP contribution in [0.5, 0.6) is 0 Å². The van der Waals surface area contributed by atoms with Crippen LogP contribution in [0.4, 0.5) is 5.69 Å². The minimum absolute atomic E-state index is 0.238. The van der Waals surface area contributed by atoms with Crippen LogP contribution in [0.25, 0.3) is 0 Å². The van der Waals surface area contributed by atoms with Crippen molar-refractivity contribution in [1.82, 2.24) is 0 Å². The molecule has 0 aliphatic rings. The molecule has 0 unspecified atom stereocenters. The van der Waals surface area contributed by atoms with Gasteiger partial charge in [0.25, 0.3) is 0 Å². The van der Waals surface area contributed by atoms with Gasteiger partial charge in [0.05, 0.1) is 0 Å². The van der Waals surface area contributed by atoms with Crippen LogP contribution in [0, 0.1) is 6.92 Å². The van der Waals surface area contributed by atoms with E-state index in [2.05, 4.69) is 91.9 Å². The fraction of sp³-hybridized carbons (Fsp3) is 0.0952. The molecule has 0 saturated carbocycles. The molecule has 0 fully saturated rings. The normalized spacial score (nSPS) is 11.4. The van der Waals surface area contributed by atoms with E-state index in [1.807, 2.05) is 0 Å². The van der Waals surface area contributed by atoms with Gasteiger partial charge in [0.15, 0.2) is 0 Å². The van der Waals surface area contributed by atoms with Crippen LogP contribution in [0.2, 0.25) is 0 Å². The Labute approximate surface area is 144 Å². The monoisotopic (exact) mass is 365 g/mol. The SMILES string of the molecule is Cc1ccc(N=C(Cc2ccccc2)[Se]c2ccccc2)cc1. The van der Waals surface area contributed by atoms with Gasteiger partial charge in [-0.25, -0.2) is 0 Å². The van der Waals surface area contributed by atoms with Crippen molar-refractivity contribution >= 4 is 29.7 Å². The Morgan fingerprint density at radius 1 is 0.783 bits per heavy atom. The van der Waals surface area contributed by atoms with Gasteiger partial charge < -0.3 is 0 Å². The minimum atomic E-state index is 0.238. The molecule has 3 aromatic rings. The molecule has 0 N–H and O–H groups in total. The molecule has 0 atom stereocenters. The van der Waals surface area contributed by atoms with Gasteiger partial charge in [-0.1, -0.05) is 0 Å². The van der Waals surface area contributed by atoms with Crippen LogP contribution in [0.1, 0.15) is 11.1 Å². The van der Waals surface area contributed by atoms with Crippen LogP contribution < -0.4 is 4.46 Å². The Hall–Kier alpha value is -2.15. The second-order valence-electron chi connectivity index (χ2n) is 5.42. The van der Waals surface area contributed by atoms with E-state index in [4.69, 9.17) is 4.99 Å². The summed E-state index contributed by atoms with van der Waals surface area (Å²) in [5, 5.41) is 0. The van der Waals surface area contributed by atoms with Crippen LogP contribution in [-0.2, 0) is 6.42 Å². The molecule has 3 aromatic carbocycles. The molecule has 114 valence electrons. The number of aliphatic imine (C=N–C) groups is 1. The molecule has 0 amide bonds. The molecule has 1 nitrogen and oxygen atoms in total. The first-order valence-corrected chi connectivity index (χ1v) is 9.42. The third-order valence-electron chi connectivity index (χ3n) is 3.46. The number of rotatable bonds is 5. The molecular weight excluding hydrogens is 345 g/mol. The predicted molar refractivity (Wildman–Crippen MR) is 100 cm³/mol. The Kier molecular flexibility index (Phi) is 5.41. The molecule has 0 radical (unpaired) electrons. The van der Waals surface area contributed by atoms with Crippen LogP contribution in [0.15, 0.2) is 89.9 Å². The third-order valence-corrected chi connectivity index (χ3v) is 5.52. The van der Waals surface area contributed by atoms with Crippen molar-refractivity contribution in [1.29, 1.82) is 0 Å². The Balaban J connectivity index is 1.87. The van der Waals surface area contributed by atoms with Crippen LogP contribution in [0.3, 0.4) is 0 Å². The van der Waals surface area contributed by atoms with Gasteiger partial charge in [0.1, 0.15) is 0 Å². The summed E-state index contributed by atoms with van der Waals surface area (Å²) in [5.74, 6) is 0. The van der Waals surface area contributed by atoms with Crippen molar-refractivity contribution in [3.63, 3.8) is 0 Å². The molecule has 0 bridgehead atoms.